The number of hydrogen-bond acceptors (Lipinski definition) is 3. The van der Waals surface area contributed by atoms with Gasteiger partial charge in [-0.2, -0.15) is 5.26 Å². The number of hydrogen-bond donors (Lipinski definition) is 2. The number of nitrogens with one attached hydrogen (secondary N) is 1. The summed E-state index contributed by atoms with van der Waals surface area (Å²) < 4.78 is 0. The molecule has 56 valence electrons. The largest absolute Gasteiger partial charge is 0.330 e. The smallest absolute Gasteiger partial charge is 0.237 e. The van der Waals surface area contributed by atoms with Crippen molar-refractivity contribution >= 4 is 5.91 Å². The quantitative estimate of drug-likeness (QED) is 0.413. The Bertz CT molecular complexity index is 146. The Balaban J connectivity index is 3.79. The molecular formula is C6H11N3O. The fourth-order valence-corrected chi connectivity index (χ4v) is 0.616. The van der Waals surface area contributed by atoms with E-state index in [9.17, 15) is 4.79 Å². The van der Waals surface area contributed by atoms with Crippen LogP contribution in [0.5, 0.6) is 0 Å². The molecule has 0 saturated carbocycles. The Morgan fingerprint density at radius 2 is 2.50 bits per heavy atom. The van der Waals surface area contributed by atoms with E-state index in [1.165, 1.54) is 0 Å². The van der Waals surface area contributed by atoms with Crippen molar-refractivity contribution in [2.24, 2.45) is 11.7 Å². The minimum absolute atomic E-state index is 0.223. The molecular weight excluding hydrogens is 130 g/mol. The molecule has 0 aromatic carbocycles. The Morgan fingerprint density at radius 3 is 2.80 bits per heavy atom. The topological polar surface area (TPSA) is 78.9 Å². The van der Waals surface area contributed by atoms with E-state index in [0.29, 0.717) is 13.0 Å². The monoisotopic (exact) mass is 141 g/mol. The molecule has 0 radical (unpaired) electrons. The van der Waals surface area contributed by atoms with Crippen LogP contribution in [0.25, 0.3) is 0 Å². The highest BCUT2D eigenvalue weighted by Crippen LogP contribution is 1.98. The Labute approximate surface area is 60.0 Å². The summed E-state index contributed by atoms with van der Waals surface area (Å²) in [5, 5.41) is 10.1. The average molecular weight is 141 g/mol. The molecule has 0 rings (SSSR count). The van der Waals surface area contributed by atoms with E-state index in [4.69, 9.17) is 11.0 Å². The van der Waals surface area contributed by atoms with Crippen LogP contribution in [-0.2, 0) is 4.79 Å². The number of carbonyl (C=O) groups is 1. The standard InChI is InChI=1S/C6H11N3O/c1-2-5(3-7)6(10)9-4-8/h5H,2-3,7H2,1H3,(H,9,10). The Hall–Kier alpha value is -1.08. The van der Waals surface area contributed by atoms with Crippen LogP contribution in [-0.4, -0.2) is 12.5 Å². The van der Waals surface area contributed by atoms with Gasteiger partial charge >= 0.3 is 0 Å². The summed E-state index contributed by atoms with van der Waals surface area (Å²) in [5.41, 5.74) is 5.24. The zero-order valence-electron chi connectivity index (χ0n) is 5.92. The lowest BCUT2D eigenvalue weighted by Crippen LogP contribution is -2.31. The number of rotatable bonds is 3. The molecule has 0 saturated heterocycles. The van der Waals surface area contributed by atoms with Crippen molar-refractivity contribution in [3.63, 3.8) is 0 Å². The molecule has 0 fully saturated rings. The van der Waals surface area contributed by atoms with E-state index in [-0.39, 0.29) is 11.8 Å². The third kappa shape index (κ3) is 2.46. The van der Waals surface area contributed by atoms with E-state index in [1.54, 1.807) is 6.19 Å². The van der Waals surface area contributed by atoms with Crippen LogP contribution in [0.2, 0.25) is 0 Å². The minimum atomic E-state index is -0.285. The van der Waals surface area contributed by atoms with Gasteiger partial charge in [-0.3, -0.25) is 10.1 Å². The number of nitrogens with zero attached hydrogens (tertiary/aromatic N) is 1. The minimum Gasteiger partial charge on any atom is -0.330 e. The highest BCUT2D eigenvalue weighted by Gasteiger charge is 2.12. The van der Waals surface area contributed by atoms with Gasteiger partial charge in [0.2, 0.25) is 5.91 Å². The van der Waals surface area contributed by atoms with Crippen molar-refractivity contribution in [2.45, 2.75) is 13.3 Å². The van der Waals surface area contributed by atoms with Crippen LogP contribution in [0.1, 0.15) is 13.3 Å². The van der Waals surface area contributed by atoms with E-state index in [0.717, 1.165) is 0 Å². The van der Waals surface area contributed by atoms with Gasteiger partial charge in [0.1, 0.15) is 0 Å². The van der Waals surface area contributed by atoms with Gasteiger partial charge in [0.25, 0.3) is 0 Å². The van der Waals surface area contributed by atoms with Crippen molar-refractivity contribution < 1.29 is 4.79 Å². The molecule has 0 aliphatic carbocycles. The van der Waals surface area contributed by atoms with Gasteiger partial charge in [-0.1, -0.05) is 6.92 Å². The zero-order valence-corrected chi connectivity index (χ0v) is 5.92. The van der Waals surface area contributed by atoms with Crippen molar-refractivity contribution in [2.75, 3.05) is 6.54 Å². The van der Waals surface area contributed by atoms with Crippen molar-refractivity contribution in [1.29, 1.82) is 5.26 Å². The van der Waals surface area contributed by atoms with Gasteiger partial charge in [-0.25, -0.2) is 0 Å². The molecule has 0 aromatic rings. The first kappa shape index (κ1) is 8.92. The number of nitrogens with two attached hydrogens (primary N) is 1. The predicted molar refractivity (Wildman–Crippen MR) is 36.6 cm³/mol. The van der Waals surface area contributed by atoms with Crippen LogP contribution in [0.15, 0.2) is 0 Å². The van der Waals surface area contributed by atoms with Crippen LogP contribution < -0.4 is 11.1 Å². The maximum atomic E-state index is 10.8. The molecule has 1 atom stereocenters. The lowest BCUT2D eigenvalue weighted by molar-refractivity contribution is -0.123. The van der Waals surface area contributed by atoms with Crippen LogP contribution in [0.3, 0.4) is 0 Å². The van der Waals surface area contributed by atoms with Gasteiger partial charge in [-0.05, 0) is 6.42 Å². The predicted octanol–water partition coefficient (Wildman–Crippen LogP) is -0.431. The fourth-order valence-electron chi connectivity index (χ4n) is 0.616. The van der Waals surface area contributed by atoms with Gasteiger partial charge < -0.3 is 5.73 Å². The second kappa shape index (κ2) is 4.77. The molecule has 0 aromatic heterocycles. The summed E-state index contributed by atoms with van der Waals surface area (Å²) in [4.78, 5) is 10.8. The summed E-state index contributed by atoms with van der Waals surface area (Å²) in [6.07, 6.45) is 2.23. The first-order valence-corrected chi connectivity index (χ1v) is 3.15. The number of amides is 1. The van der Waals surface area contributed by atoms with Gasteiger partial charge in [0, 0.05) is 6.54 Å². The molecule has 0 heterocycles. The lowest BCUT2D eigenvalue weighted by Gasteiger charge is -2.06. The SMILES string of the molecule is CCC(CN)C(=O)NC#N. The van der Waals surface area contributed by atoms with Crippen LogP contribution >= 0.6 is 0 Å². The molecule has 0 spiro atoms. The fraction of sp³-hybridized carbons (Fsp3) is 0.667. The molecule has 4 heteroatoms. The number of nitriles is 1. The van der Waals surface area contributed by atoms with Crippen molar-refractivity contribution in [3.05, 3.63) is 0 Å². The van der Waals surface area contributed by atoms with Gasteiger partial charge in [0.05, 0.1) is 5.92 Å². The molecule has 3 N–H and O–H groups in total. The third-order valence-corrected chi connectivity index (χ3v) is 1.33. The lowest BCUT2D eigenvalue weighted by atomic mass is 10.1. The highest BCUT2D eigenvalue weighted by atomic mass is 16.1. The second-order valence-corrected chi connectivity index (χ2v) is 1.94. The first-order valence-electron chi connectivity index (χ1n) is 3.15. The van der Waals surface area contributed by atoms with E-state index >= 15 is 0 Å². The summed E-state index contributed by atoms with van der Waals surface area (Å²) in [6.45, 7) is 2.15. The molecule has 1 amide bonds. The third-order valence-electron chi connectivity index (χ3n) is 1.33. The van der Waals surface area contributed by atoms with Crippen molar-refractivity contribution in [3.8, 4) is 6.19 Å². The first-order chi connectivity index (χ1) is 4.76. The molecule has 0 aliphatic heterocycles. The molecule has 4 nitrogen and oxygen atoms in total. The Morgan fingerprint density at radius 1 is 1.90 bits per heavy atom. The number of carbonyl (C=O) groups excluding carboxylic acids is 1. The van der Waals surface area contributed by atoms with E-state index < -0.39 is 0 Å². The van der Waals surface area contributed by atoms with Gasteiger partial charge in [0.15, 0.2) is 6.19 Å². The maximum Gasteiger partial charge on any atom is 0.237 e. The summed E-state index contributed by atoms with van der Waals surface area (Å²) >= 11 is 0. The van der Waals surface area contributed by atoms with Crippen LogP contribution in [0, 0.1) is 17.4 Å². The highest BCUT2D eigenvalue weighted by molar-refractivity contribution is 5.80. The maximum absolute atomic E-state index is 10.8. The van der Waals surface area contributed by atoms with Gasteiger partial charge in [-0.15, -0.1) is 0 Å². The van der Waals surface area contributed by atoms with E-state index in [1.807, 2.05) is 12.2 Å². The summed E-state index contributed by atoms with van der Waals surface area (Å²) in [6, 6.07) is 0. The normalized spacial score (nSPS) is 11.7. The average Bonchev–Trinajstić information content (AvgIpc) is 1.91. The zero-order chi connectivity index (χ0) is 7.98. The molecule has 10 heavy (non-hydrogen) atoms. The second-order valence-electron chi connectivity index (χ2n) is 1.94. The Kier molecular flexibility index (Phi) is 4.25. The molecule has 0 bridgehead atoms. The molecule has 0 aliphatic rings. The molecule has 1 unspecified atom stereocenters. The van der Waals surface area contributed by atoms with Crippen molar-refractivity contribution in [1.82, 2.24) is 5.32 Å². The van der Waals surface area contributed by atoms with Crippen LogP contribution in [0.4, 0.5) is 0 Å². The van der Waals surface area contributed by atoms with E-state index in [2.05, 4.69) is 0 Å². The summed E-state index contributed by atoms with van der Waals surface area (Å²) in [5.74, 6) is -0.507. The summed E-state index contributed by atoms with van der Waals surface area (Å²) in [7, 11) is 0.